The summed E-state index contributed by atoms with van der Waals surface area (Å²) in [4.78, 5) is 6.97. The summed E-state index contributed by atoms with van der Waals surface area (Å²) >= 11 is 0. The molecule has 1 aromatic rings. The van der Waals surface area contributed by atoms with Gasteiger partial charge in [-0.15, -0.1) is 0 Å². The molecule has 108 valence electrons. The fraction of sp³-hybridized carbons (Fsp3) is 0.750. The van der Waals surface area contributed by atoms with Crippen LogP contribution in [0.25, 0.3) is 0 Å². The van der Waals surface area contributed by atoms with Crippen LogP contribution in [0.1, 0.15) is 38.4 Å². The van der Waals surface area contributed by atoms with Gasteiger partial charge in [0.2, 0.25) is 0 Å². The Labute approximate surface area is 114 Å². The second-order valence-electron chi connectivity index (χ2n) is 4.89. The highest BCUT2D eigenvalue weighted by molar-refractivity contribution is 7.89. The summed E-state index contributed by atoms with van der Waals surface area (Å²) in [5.41, 5.74) is 5.59. The molecular weight excluding hydrogens is 264 g/mol. The molecule has 0 saturated carbocycles. The topological polar surface area (TPSA) is 92.1 Å². The standard InChI is InChI=1S/C12H22N4O2S/c1-2-11-14-9-12(15-11)19(17,18)16-8-4-3-5-10(16)6-7-13/h9-10H,2-8,13H2,1H3,(H,14,15). The van der Waals surface area contributed by atoms with E-state index in [0.29, 0.717) is 31.8 Å². The predicted molar refractivity (Wildman–Crippen MR) is 73.2 cm³/mol. The highest BCUT2D eigenvalue weighted by Crippen LogP contribution is 2.26. The van der Waals surface area contributed by atoms with E-state index in [2.05, 4.69) is 9.97 Å². The number of nitrogens with zero attached hydrogens (tertiary/aromatic N) is 2. The lowest BCUT2D eigenvalue weighted by Crippen LogP contribution is -2.44. The van der Waals surface area contributed by atoms with Crippen LogP contribution in [0.2, 0.25) is 0 Å². The Balaban J connectivity index is 2.25. The van der Waals surface area contributed by atoms with E-state index in [0.717, 1.165) is 19.3 Å². The van der Waals surface area contributed by atoms with Crippen LogP contribution in [0.3, 0.4) is 0 Å². The number of aryl methyl sites for hydroxylation is 1. The average Bonchev–Trinajstić information content (AvgIpc) is 2.89. The Morgan fingerprint density at radius 3 is 2.95 bits per heavy atom. The van der Waals surface area contributed by atoms with E-state index < -0.39 is 10.0 Å². The van der Waals surface area contributed by atoms with Gasteiger partial charge in [0.1, 0.15) is 5.82 Å². The molecular formula is C12H22N4O2S. The van der Waals surface area contributed by atoms with E-state index in [9.17, 15) is 8.42 Å². The van der Waals surface area contributed by atoms with Crippen molar-refractivity contribution in [3.8, 4) is 0 Å². The van der Waals surface area contributed by atoms with E-state index in [1.807, 2.05) is 6.92 Å². The van der Waals surface area contributed by atoms with Crippen LogP contribution in [-0.4, -0.2) is 41.8 Å². The van der Waals surface area contributed by atoms with Crippen LogP contribution in [0.5, 0.6) is 0 Å². The number of imidazole rings is 1. The Morgan fingerprint density at radius 2 is 2.32 bits per heavy atom. The number of hydrogen-bond acceptors (Lipinski definition) is 4. The minimum Gasteiger partial charge on any atom is -0.332 e. The predicted octanol–water partition coefficient (Wildman–Crippen LogP) is 0.864. The van der Waals surface area contributed by atoms with Gasteiger partial charge in [-0.3, -0.25) is 0 Å². The lowest BCUT2D eigenvalue weighted by atomic mass is 10.0. The van der Waals surface area contributed by atoms with Crippen LogP contribution >= 0.6 is 0 Å². The van der Waals surface area contributed by atoms with Crippen molar-refractivity contribution in [2.45, 2.75) is 50.1 Å². The van der Waals surface area contributed by atoms with Crippen molar-refractivity contribution in [3.05, 3.63) is 12.0 Å². The number of nitrogens with one attached hydrogen (secondary N) is 1. The lowest BCUT2D eigenvalue weighted by Gasteiger charge is -2.34. The first-order chi connectivity index (χ1) is 9.09. The van der Waals surface area contributed by atoms with Crippen molar-refractivity contribution in [1.82, 2.24) is 14.3 Å². The first-order valence-corrected chi connectivity index (χ1v) is 8.29. The smallest absolute Gasteiger partial charge is 0.260 e. The molecule has 0 aliphatic carbocycles. The fourth-order valence-corrected chi connectivity index (χ4v) is 4.21. The molecule has 1 fully saturated rings. The Morgan fingerprint density at radius 1 is 1.53 bits per heavy atom. The van der Waals surface area contributed by atoms with Crippen LogP contribution in [0.4, 0.5) is 0 Å². The number of nitrogens with two attached hydrogens (primary N) is 1. The average molecular weight is 286 g/mol. The zero-order valence-corrected chi connectivity index (χ0v) is 12.1. The Hall–Kier alpha value is -0.920. The van der Waals surface area contributed by atoms with Crippen molar-refractivity contribution >= 4 is 10.0 Å². The normalized spacial score (nSPS) is 21.7. The van der Waals surface area contributed by atoms with Gasteiger partial charge in [0.15, 0.2) is 5.03 Å². The van der Waals surface area contributed by atoms with Crippen LogP contribution in [-0.2, 0) is 16.4 Å². The van der Waals surface area contributed by atoms with Gasteiger partial charge in [0, 0.05) is 19.0 Å². The first-order valence-electron chi connectivity index (χ1n) is 6.85. The number of aromatic nitrogens is 2. The molecule has 1 aliphatic rings. The van der Waals surface area contributed by atoms with Gasteiger partial charge < -0.3 is 10.7 Å². The zero-order chi connectivity index (χ0) is 13.9. The molecule has 19 heavy (non-hydrogen) atoms. The summed E-state index contributed by atoms with van der Waals surface area (Å²) in [6, 6.07) is 0.0251. The SMILES string of the molecule is CCc1ncc(S(=O)(=O)N2CCCCC2CCN)[nH]1. The quantitative estimate of drug-likeness (QED) is 0.840. The third kappa shape index (κ3) is 2.98. The fourth-order valence-electron chi connectivity index (χ4n) is 2.55. The molecule has 0 aromatic carbocycles. The largest absolute Gasteiger partial charge is 0.332 e. The van der Waals surface area contributed by atoms with E-state index in [4.69, 9.17) is 5.73 Å². The molecule has 1 aliphatic heterocycles. The molecule has 1 saturated heterocycles. The van der Waals surface area contributed by atoms with E-state index in [1.165, 1.54) is 6.20 Å². The molecule has 3 N–H and O–H groups in total. The highest BCUT2D eigenvalue weighted by atomic mass is 32.2. The number of hydrogen-bond donors (Lipinski definition) is 2. The van der Waals surface area contributed by atoms with Gasteiger partial charge in [0.05, 0.1) is 6.20 Å². The molecule has 0 bridgehead atoms. The molecule has 2 heterocycles. The molecule has 2 rings (SSSR count). The van der Waals surface area contributed by atoms with Gasteiger partial charge in [0.25, 0.3) is 10.0 Å². The number of sulfonamides is 1. The summed E-state index contributed by atoms with van der Waals surface area (Å²) in [5, 5.41) is 0.202. The highest BCUT2D eigenvalue weighted by Gasteiger charge is 2.34. The number of rotatable bonds is 5. The minimum atomic E-state index is -3.46. The number of aromatic amines is 1. The maximum atomic E-state index is 12.6. The Bertz CT molecular complexity index is 510. The second-order valence-corrected chi connectivity index (χ2v) is 6.75. The number of H-pyrrole nitrogens is 1. The lowest BCUT2D eigenvalue weighted by molar-refractivity contribution is 0.242. The number of piperidine rings is 1. The van der Waals surface area contributed by atoms with E-state index >= 15 is 0 Å². The maximum absolute atomic E-state index is 12.6. The van der Waals surface area contributed by atoms with Crippen LogP contribution in [0, 0.1) is 0 Å². The van der Waals surface area contributed by atoms with Crippen molar-refractivity contribution in [2.24, 2.45) is 5.73 Å². The van der Waals surface area contributed by atoms with Crippen molar-refractivity contribution in [3.63, 3.8) is 0 Å². The summed E-state index contributed by atoms with van der Waals surface area (Å²) < 4.78 is 26.8. The van der Waals surface area contributed by atoms with E-state index in [1.54, 1.807) is 4.31 Å². The molecule has 0 radical (unpaired) electrons. The summed E-state index contributed by atoms with van der Waals surface area (Å²) in [6.07, 6.45) is 5.71. The molecule has 7 heteroatoms. The molecule has 0 amide bonds. The molecule has 1 atom stereocenters. The van der Waals surface area contributed by atoms with Crippen LogP contribution in [0.15, 0.2) is 11.2 Å². The van der Waals surface area contributed by atoms with E-state index in [-0.39, 0.29) is 11.1 Å². The van der Waals surface area contributed by atoms with Gasteiger partial charge in [-0.2, -0.15) is 4.31 Å². The second kappa shape index (κ2) is 6.02. The summed E-state index contributed by atoms with van der Waals surface area (Å²) in [5.74, 6) is 0.700. The Kier molecular flexibility index (Phi) is 4.59. The summed E-state index contributed by atoms with van der Waals surface area (Å²) in [6.45, 7) is 3.03. The summed E-state index contributed by atoms with van der Waals surface area (Å²) in [7, 11) is -3.46. The molecule has 6 nitrogen and oxygen atoms in total. The van der Waals surface area contributed by atoms with Gasteiger partial charge in [-0.1, -0.05) is 13.3 Å². The van der Waals surface area contributed by atoms with Crippen LogP contribution < -0.4 is 5.73 Å². The first kappa shape index (κ1) is 14.5. The molecule has 1 aromatic heterocycles. The van der Waals surface area contributed by atoms with Crippen molar-refractivity contribution in [1.29, 1.82) is 0 Å². The van der Waals surface area contributed by atoms with Crippen molar-refractivity contribution < 1.29 is 8.42 Å². The minimum absolute atomic E-state index is 0.0251. The third-order valence-electron chi connectivity index (χ3n) is 3.60. The van der Waals surface area contributed by atoms with Gasteiger partial charge >= 0.3 is 0 Å². The maximum Gasteiger partial charge on any atom is 0.260 e. The monoisotopic (exact) mass is 286 g/mol. The van der Waals surface area contributed by atoms with Gasteiger partial charge in [-0.25, -0.2) is 13.4 Å². The van der Waals surface area contributed by atoms with Gasteiger partial charge in [-0.05, 0) is 25.8 Å². The van der Waals surface area contributed by atoms with Crippen molar-refractivity contribution in [2.75, 3.05) is 13.1 Å². The zero-order valence-electron chi connectivity index (χ0n) is 11.3. The molecule has 1 unspecified atom stereocenters. The molecule has 0 spiro atoms. The third-order valence-corrected chi connectivity index (χ3v) is 5.46.